The van der Waals surface area contributed by atoms with E-state index in [9.17, 15) is 14.3 Å². The van der Waals surface area contributed by atoms with Crippen LogP contribution in [0.2, 0.25) is 0 Å². The molecule has 2 aromatic heterocycles. The maximum atomic E-state index is 13.4. The summed E-state index contributed by atoms with van der Waals surface area (Å²) in [6, 6.07) is 17.7. The predicted octanol–water partition coefficient (Wildman–Crippen LogP) is 4.39. The van der Waals surface area contributed by atoms with Gasteiger partial charge < -0.3 is 9.84 Å². The van der Waals surface area contributed by atoms with Gasteiger partial charge in [0.2, 0.25) is 0 Å². The van der Waals surface area contributed by atoms with E-state index in [0.29, 0.717) is 30.1 Å². The van der Waals surface area contributed by atoms with Crippen molar-refractivity contribution in [2.24, 2.45) is 0 Å². The Kier molecular flexibility index (Phi) is 5.53. The smallest absolute Gasteiger partial charge is 0.414 e. The number of carbonyl (C=O) groups is 1. The topological polar surface area (TPSA) is 80.0 Å². The van der Waals surface area contributed by atoms with Crippen LogP contribution in [0.25, 0.3) is 5.65 Å². The molecule has 0 spiro atoms. The van der Waals surface area contributed by atoms with Gasteiger partial charge in [-0.25, -0.2) is 18.7 Å². The van der Waals surface area contributed by atoms with E-state index in [-0.39, 0.29) is 19.0 Å². The number of nitrogens with zero attached hydrogens (tertiary/aromatic N) is 4. The van der Waals surface area contributed by atoms with Crippen molar-refractivity contribution in [3.8, 4) is 0 Å². The van der Waals surface area contributed by atoms with Crippen LogP contribution in [-0.4, -0.2) is 32.3 Å². The predicted molar refractivity (Wildman–Crippen MR) is 125 cm³/mol. The van der Waals surface area contributed by atoms with Crippen LogP contribution >= 0.6 is 0 Å². The van der Waals surface area contributed by atoms with E-state index in [4.69, 9.17) is 4.74 Å². The van der Waals surface area contributed by atoms with Gasteiger partial charge in [0.1, 0.15) is 19.0 Å². The zero-order valence-electron chi connectivity index (χ0n) is 19.0. The Morgan fingerprint density at radius 3 is 2.56 bits per heavy atom. The molecule has 0 atom stereocenters. The monoisotopic (exact) mass is 460 g/mol. The number of ether oxygens (including phenoxy) is 1. The second-order valence-corrected chi connectivity index (χ2v) is 9.14. The normalized spacial score (nSPS) is 14.4. The zero-order valence-corrected chi connectivity index (χ0v) is 19.0. The van der Waals surface area contributed by atoms with E-state index in [1.54, 1.807) is 21.5 Å². The Bertz CT molecular complexity index is 1350. The molecule has 174 valence electrons. The summed E-state index contributed by atoms with van der Waals surface area (Å²) in [5.74, 6) is -0.00311. The zero-order chi connectivity index (χ0) is 23.9. The van der Waals surface area contributed by atoms with Crippen molar-refractivity contribution in [1.82, 2.24) is 14.6 Å². The summed E-state index contributed by atoms with van der Waals surface area (Å²) in [5.41, 5.74) is 4.33. The highest BCUT2D eigenvalue weighted by atomic mass is 19.1. The molecule has 4 aromatic rings. The summed E-state index contributed by atoms with van der Waals surface area (Å²) >= 11 is 0. The number of fused-ring (bicyclic) bond motifs is 3. The number of hydrogen-bond acceptors (Lipinski definition) is 5. The van der Waals surface area contributed by atoms with Crippen molar-refractivity contribution in [1.29, 1.82) is 0 Å². The molecule has 0 saturated carbocycles. The van der Waals surface area contributed by atoms with E-state index >= 15 is 0 Å². The minimum absolute atomic E-state index is 0.175. The molecular formula is C26H25FN4O3. The van der Waals surface area contributed by atoms with Gasteiger partial charge in [0.15, 0.2) is 11.5 Å². The SMILES string of the molecule is CC1(C)CN(C(=O)OCc2ccccc2)c2cc(Cc3ccc(F)cc3)c3nc(CO)nn3c21. The highest BCUT2D eigenvalue weighted by Crippen LogP contribution is 2.42. The van der Waals surface area contributed by atoms with Crippen LogP contribution in [-0.2, 0) is 29.8 Å². The van der Waals surface area contributed by atoms with Gasteiger partial charge in [-0.3, -0.25) is 4.90 Å². The van der Waals surface area contributed by atoms with Crippen LogP contribution in [0.3, 0.4) is 0 Å². The summed E-state index contributed by atoms with van der Waals surface area (Å²) in [4.78, 5) is 19.3. The molecule has 1 aliphatic rings. The highest BCUT2D eigenvalue weighted by molar-refractivity contribution is 5.91. The molecule has 0 bridgehead atoms. The van der Waals surface area contributed by atoms with E-state index in [2.05, 4.69) is 10.1 Å². The summed E-state index contributed by atoms with van der Waals surface area (Å²) < 4.78 is 20.8. The van der Waals surface area contributed by atoms with Crippen molar-refractivity contribution in [3.05, 3.63) is 94.7 Å². The number of rotatable bonds is 5. The second kappa shape index (κ2) is 8.53. The second-order valence-electron chi connectivity index (χ2n) is 9.14. The molecule has 2 aromatic carbocycles. The number of pyridine rings is 1. The molecule has 1 amide bonds. The third-order valence-corrected chi connectivity index (χ3v) is 6.06. The summed E-state index contributed by atoms with van der Waals surface area (Å²) in [6.07, 6.45) is 0.0266. The Labute approximate surface area is 196 Å². The Morgan fingerprint density at radius 1 is 1.12 bits per heavy atom. The molecule has 5 rings (SSSR count). The Balaban J connectivity index is 1.56. The Hall–Kier alpha value is -3.78. The molecule has 8 heteroatoms. The average Bonchev–Trinajstić information content (AvgIpc) is 3.38. The summed E-state index contributed by atoms with van der Waals surface area (Å²) in [5, 5.41) is 14.2. The molecule has 0 unspecified atom stereocenters. The molecule has 1 aliphatic heterocycles. The van der Waals surface area contributed by atoms with E-state index in [1.807, 2.05) is 50.2 Å². The van der Waals surface area contributed by atoms with E-state index in [0.717, 1.165) is 22.4 Å². The lowest BCUT2D eigenvalue weighted by Crippen LogP contribution is -2.34. The molecule has 0 radical (unpaired) electrons. The van der Waals surface area contributed by atoms with Gasteiger partial charge in [0.25, 0.3) is 0 Å². The van der Waals surface area contributed by atoms with Crippen LogP contribution in [0, 0.1) is 5.82 Å². The van der Waals surface area contributed by atoms with Crippen molar-refractivity contribution in [2.45, 2.75) is 38.9 Å². The molecule has 34 heavy (non-hydrogen) atoms. The third kappa shape index (κ3) is 4.01. The van der Waals surface area contributed by atoms with E-state index < -0.39 is 11.5 Å². The quantitative estimate of drug-likeness (QED) is 0.478. The van der Waals surface area contributed by atoms with Gasteiger partial charge >= 0.3 is 6.09 Å². The number of aliphatic hydroxyl groups excluding tert-OH is 1. The largest absolute Gasteiger partial charge is 0.444 e. The van der Waals surface area contributed by atoms with Crippen LogP contribution < -0.4 is 4.90 Å². The molecule has 3 heterocycles. The molecule has 0 aliphatic carbocycles. The lowest BCUT2D eigenvalue weighted by molar-refractivity contribution is 0.147. The van der Waals surface area contributed by atoms with E-state index in [1.165, 1.54) is 12.1 Å². The first kappa shape index (κ1) is 22.0. The fourth-order valence-corrected chi connectivity index (χ4v) is 4.50. The van der Waals surface area contributed by atoms with Crippen LogP contribution in [0.5, 0.6) is 0 Å². The molecular weight excluding hydrogens is 435 g/mol. The number of aliphatic hydroxyl groups is 1. The maximum Gasteiger partial charge on any atom is 0.414 e. The number of benzene rings is 2. The van der Waals surface area contributed by atoms with Gasteiger partial charge in [0, 0.05) is 23.9 Å². The maximum absolute atomic E-state index is 13.4. The standard InChI is InChI=1S/C26H25FN4O3/c1-26(2)16-30(25(33)34-15-18-6-4-3-5-7-18)21-13-19(12-17-8-10-20(27)11-9-17)24-28-22(14-32)29-31(24)23(21)26/h3-11,13,32H,12,14-16H2,1-2H3. The fraction of sp³-hybridized carbons (Fsp3) is 0.269. The summed E-state index contributed by atoms with van der Waals surface area (Å²) in [6.45, 7) is 4.37. The van der Waals surface area contributed by atoms with Crippen molar-refractivity contribution in [2.75, 3.05) is 11.4 Å². The van der Waals surface area contributed by atoms with Gasteiger partial charge in [-0.15, -0.1) is 5.10 Å². The number of anilines is 1. The summed E-state index contributed by atoms with van der Waals surface area (Å²) in [7, 11) is 0. The lowest BCUT2D eigenvalue weighted by Gasteiger charge is -2.20. The first-order valence-corrected chi connectivity index (χ1v) is 11.1. The number of aromatic nitrogens is 3. The molecule has 0 saturated heterocycles. The van der Waals surface area contributed by atoms with Crippen LogP contribution in [0.15, 0.2) is 60.7 Å². The average molecular weight is 461 g/mol. The number of amides is 1. The Morgan fingerprint density at radius 2 is 1.85 bits per heavy atom. The number of hydrogen-bond donors (Lipinski definition) is 1. The first-order chi connectivity index (χ1) is 16.4. The van der Waals surface area contributed by atoms with Crippen LogP contribution in [0.1, 0.15) is 42.1 Å². The minimum atomic E-state index is -0.440. The van der Waals surface area contributed by atoms with Gasteiger partial charge in [-0.1, -0.05) is 56.3 Å². The number of carbonyl (C=O) groups excluding carboxylic acids is 1. The molecule has 1 N–H and O–H groups in total. The highest BCUT2D eigenvalue weighted by Gasteiger charge is 2.42. The molecule has 7 nitrogen and oxygen atoms in total. The number of halogens is 1. The third-order valence-electron chi connectivity index (χ3n) is 6.06. The lowest BCUT2D eigenvalue weighted by atomic mass is 9.90. The van der Waals surface area contributed by atoms with Crippen molar-refractivity contribution < 1.29 is 19.0 Å². The first-order valence-electron chi connectivity index (χ1n) is 11.1. The van der Waals surface area contributed by atoms with Crippen molar-refractivity contribution in [3.63, 3.8) is 0 Å². The van der Waals surface area contributed by atoms with Gasteiger partial charge in [-0.05, 0) is 29.3 Å². The van der Waals surface area contributed by atoms with Crippen molar-refractivity contribution >= 4 is 17.4 Å². The molecule has 0 fully saturated rings. The van der Waals surface area contributed by atoms with Gasteiger partial charge in [0.05, 0.1) is 11.4 Å². The minimum Gasteiger partial charge on any atom is -0.444 e. The van der Waals surface area contributed by atoms with Gasteiger partial charge in [-0.2, -0.15) is 0 Å². The van der Waals surface area contributed by atoms with Crippen LogP contribution in [0.4, 0.5) is 14.9 Å². The fourth-order valence-electron chi connectivity index (χ4n) is 4.50.